The molecule has 1 saturated carbocycles. The zero-order valence-corrected chi connectivity index (χ0v) is 15.8. The van der Waals surface area contributed by atoms with Gasteiger partial charge in [-0.1, -0.05) is 12.5 Å². The summed E-state index contributed by atoms with van der Waals surface area (Å²) >= 11 is 0. The number of hydrogen-bond acceptors (Lipinski definition) is 7. The summed E-state index contributed by atoms with van der Waals surface area (Å²) in [5.74, 6) is 0.0763. The van der Waals surface area contributed by atoms with Crippen molar-refractivity contribution in [1.29, 1.82) is 0 Å². The first-order chi connectivity index (χ1) is 13.2. The summed E-state index contributed by atoms with van der Waals surface area (Å²) in [6, 6.07) is 3.92. The number of anilines is 1. The Morgan fingerprint density at radius 1 is 1.11 bits per heavy atom. The largest absolute Gasteiger partial charge is 0.416 e. The highest BCUT2D eigenvalue weighted by atomic mass is 19.4. The number of aliphatic imine (C=N–C) groups is 2. The Morgan fingerprint density at radius 2 is 1.75 bits per heavy atom. The summed E-state index contributed by atoms with van der Waals surface area (Å²) in [4.78, 5) is 10.0. The normalized spacial score (nSPS) is 19.7. The minimum absolute atomic E-state index is 0.0327. The number of ether oxygens (including phenoxy) is 2. The number of methoxy groups -OCH3 is 2. The molecular formula is C18H24F3N5O2. The first-order valence-electron chi connectivity index (χ1n) is 8.98. The quantitative estimate of drug-likeness (QED) is 0.758. The molecule has 0 atom stereocenters. The monoisotopic (exact) mass is 399 g/mol. The molecule has 1 aliphatic heterocycles. The van der Waals surface area contributed by atoms with E-state index < -0.39 is 23.7 Å². The average molecular weight is 399 g/mol. The van der Waals surface area contributed by atoms with Crippen LogP contribution in [0, 0.1) is 0 Å². The highest BCUT2D eigenvalue weighted by molar-refractivity contribution is 6.05. The van der Waals surface area contributed by atoms with Crippen molar-refractivity contribution >= 4 is 17.6 Å². The third-order valence-corrected chi connectivity index (χ3v) is 5.13. The molecule has 0 amide bonds. The van der Waals surface area contributed by atoms with E-state index in [-0.39, 0.29) is 23.2 Å². The van der Waals surface area contributed by atoms with Crippen molar-refractivity contribution in [3.8, 4) is 0 Å². The maximum Gasteiger partial charge on any atom is 0.416 e. The lowest BCUT2D eigenvalue weighted by molar-refractivity contribution is -0.147. The zero-order chi connectivity index (χ0) is 20.5. The second-order valence-corrected chi connectivity index (χ2v) is 6.89. The lowest BCUT2D eigenvalue weighted by Crippen LogP contribution is -2.58. The molecule has 1 heterocycles. The number of alkyl halides is 3. The SMILES string of the molecule is COC(OC)c1ccc(N2C(N)=NC(N)=NC23CCCCC3)cc1C(F)(F)F. The van der Waals surface area contributed by atoms with Gasteiger partial charge in [0.15, 0.2) is 6.29 Å². The number of nitrogens with two attached hydrogens (primary N) is 2. The molecule has 2 aliphatic rings. The van der Waals surface area contributed by atoms with Gasteiger partial charge in [-0.25, -0.2) is 4.99 Å². The van der Waals surface area contributed by atoms with E-state index in [9.17, 15) is 13.2 Å². The smallest absolute Gasteiger partial charge is 0.369 e. The van der Waals surface area contributed by atoms with Gasteiger partial charge in [0.1, 0.15) is 5.66 Å². The minimum Gasteiger partial charge on any atom is -0.369 e. The number of benzene rings is 1. The van der Waals surface area contributed by atoms with Crippen LogP contribution in [0.1, 0.15) is 49.5 Å². The second-order valence-electron chi connectivity index (χ2n) is 6.89. The third-order valence-electron chi connectivity index (χ3n) is 5.13. The van der Waals surface area contributed by atoms with Crippen LogP contribution in [0.4, 0.5) is 18.9 Å². The van der Waals surface area contributed by atoms with Crippen molar-refractivity contribution in [1.82, 2.24) is 0 Å². The predicted octanol–water partition coefficient (Wildman–Crippen LogP) is 3.11. The molecule has 1 spiro atoms. The van der Waals surface area contributed by atoms with E-state index >= 15 is 0 Å². The minimum atomic E-state index is -4.61. The Labute approximate surface area is 161 Å². The Morgan fingerprint density at radius 3 is 2.32 bits per heavy atom. The van der Waals surface area contributed by atoms with Crippen LogP contribution in [-0.2, 0) is 15.7 Å². The van der Waals surface area contributed by atoms with Gasteiger partial charge in [0.2, 0.25) is 11.9 Å². The van der Waals surface area contributed by atoms with Crippen molar-refractivity contribution in [2.75, 3.05) is 19.1 Å². The molecule has 28 heavy (non-hydrogen) atoms. The van der Waals surface area contributed by atoms with Crippen LogP contribution in [-0.4, -0.2) is 31.8 Å². The molecule has 3 rings (SSSR count). The van der Waals surface area contributed by atoms with Crippen LogP contribution >= 0.6 is 0 Å². The Bertz CT molecular complexity index is 784. The summed E-state index contributed by atoms with van der Waals surface area (Å²) in [5.41, 5.74) is 10.4. The molecular weight excluding hydrogens is 375 g/mol. The van der Waals surface area contributed by atoms with Gasteiger partial charge in [-0.15, -0.1) is 0 Å². The first kappa shape index (κ1) is 20.4. The fourth-order valence-corrected chi connectivity index (χ4v) is 3.98. The Hall–Kier alpha value is -2.33. The van der Waals surface area contributed by atoms with Crippen LogP contribution in [0.5, 0.6) is 0 Å². The van der Waals surface area contributed by atoms with Crippen LogP contribution in [0.2, 0.25) is 0 Å². The Kier molecular flexibility index (Phi) is 5.53. The maximum absolute atomic E-state index is 13.8. The van der Waals surface area contributed by atoms with Gasteiger partial charge < -0.3 is 20.9 Å². The number of rotatable bonds is 4. The number of hydrogen-bond donors (Lipinski definition) is 2. The maximum atomic E-state index is 13.8. The van der Waals surface area contributed by atoms with Crippen LogP contribution in [0.25, 0.3) is 0 Å². The number of guanidine groups is 2. The summed E-state index contributed by atoms with van der Waals surface area (Å²) in [6.07, 6.45) is -1.71. The van der Waals surface area contributed by atoms with Gasteiger partial charge in [-0.3, -0.25) is 4.90 Å². The highest BCUT2D eigenvalue weighted by Gasteiger charge is 2.44. The van der Waals surface area contributed by atoms with Gasteiger partial charge >= 0.3 is 6.18 Å². The van der Waals surface area contributed by atoms with Crippen molar-refractivity contribution in [2.45, 2.75) is 50.2 Å². The van der Waals surface area contributed by atoms with E-state index in [1.807, 2.05) is 0 Å². The molecule has 1 fully saturated rings. The molecule has 0 saturated heterocycles. The fourth-order valence-electron chi connectivity index (χ4n) is 3.98. The van der Waals surface area contributed by atoms with E-state index in [0.29, 0.717) is 12.8 Å². The van der Waals surface area contributed by atoms with Crippen molar-refractivity contribution in [2.24, 2.45) is 21.5 Å². The third kappa shape index (κ3) is 3.66. The standard InChI is InChI=1S/C18H24F3N5O2/c1-27-14(28-2)12-7-6-11(10-13(12)18(19,20)21)26-16(23)24-15(22)25-17(26)8-4-3-5-9-17/h6-7,10,14H,3-5,8-9H2,1-2H3,(H4,22,23,24,25). The Balaban J connectivity index is 2.13. The van der Waals surface area contributed by atoms with Gasteiger partial charge in [-0.2, -0.15) is 18.2 Å². The molecule has 4 N–H and O–H groups in total. The molecule has 1 aromatic carbocycles. The fraction of sp³-hybridized carbons (Fsp3) is 0.556. The first-order valence-corrected chi connectivity index (χ1v) is 8.98. The zero-order valence-electron chi connectivity index (χ0n) is 15.8. The summed E-state index contributed by atoms with van der Waals surface area (Å²) in [5, 5.41) is 0. The van der Waals surface area contributed by atoms with E-state index in [0.717, 1.165) is 25.3 Å². The molecule has 0 aromatic heterocycles. The molecule has 1 aliphatic carbocycles. The van der Waals surface area contributed by atoms with Gasteiger partial charge in [0, 0.05) is 25.5 Å². The molecule has 154 valence electrons. The van der Waals surface area contributed by atoms with E-state index in [4.69, 9.17) is 20.9 Å². The van der Waals surface area contributed by atoms with E-state index in [2.05, 4.69) is 9.98 Å². The lowest BCUT2D eigenvalue weighted by atomic mass is 9.87. The summed E-state index contributed by atoms with van der Waals surface area (Å²) < 4.78 is 51.4. The predicted molar refractivity (Wildman–Crippen MR) is 99.7 cm³/mol. The van der Waals surface area contributed by atoms with E-state index in [1.165, 1.54) is 20.3 Å². The van der Waals surface area contributed by atoms with Gasteiger partial charge in [0.25, 0.3) is 0 Å². The van der Waals surface area contributed by atoms with Gasteiger partial charge in [0.05, 0.1) is 5.56 Å². The molecule has 1 aromatic rings. The topological polar surface area (TPSA) is 98.5 Å². The van der Waals surface area contributed by atoms with Crippen molar-refractivity contribution in [3.05, 3.63) is 29.3 Å². The van der Waals surface area contributed by atoms with Crippen molar-refractivity contribution < 1.29 is 22.6 Å². The molecule has 10 heteroatoms. The van der Waals surface area contributed by atoms with E-state index in [1.54, 1.807) is 11.0 Å². The molecule has 0 unspecified atom stereocenters. The second kappa shape index (κ2) is 7.59. The molecule has 0 radical (unpaired) electrons. The molecule has 7 nitrogen and oxygen atoms in total. The summed E-state index contributed by atoms with van der Waals surface area (Å²) in [6.45, 7) is 0. The van der Waals surface area contributed by atoms with Crippen LogP contribution < -0.4 is 16.4 Å². The lowest BCUT2D eigenvalue weighted by Gasteiger charge is -2.45. The average Bonchev–Trinajstić information content (AvgIpc) is 2.62. The summed E-state index contributed by atoms with van der Waals surface area (Å²) in [7, 11) is 2.57. The molecule has 0 bridgehead atoms. The highest BCUT2D eigenvalue weighted by Crippen LogP contribution is 2.43. The number of halogens is 3. The number of nitrogens with zero attached hydrogens (tertiary/aromatic N) is 3. The van der Waals surface area contributed by atoms with Crippen LogP contribution in [0.3, 0.4) is 0 Å². The van der Waals surface area contributed by atoms with Crippen molar-refractivity contribution in [3.63, 3.8) is 0 Å². The van der Waals surface area contributed by atoms with Crippen LogP contribution in [0.15, 0.2) is 28.2 Å². The van der Waals surface area contributed by atoms with Gasteiger partial charge in [-0.05, 0) is 37.8 Å².